The molecule has 2 atom stereocenters. The van der Waals surface area contributed by atoms with Crippen molar-refractivity contribution in [2.75, 3.05) is 25.1 Å². The van der Waals surface area contributed by atoms with Crippen LogP contribution in [0.15, 0.2) is 29.2 Å². The molecule has 2 rings (SSSR count). The second-order valence-corrected chi connectivity index (χ2v) is 7.25. The zero-order valence-corrected chi connectivity index (χ0v) is 13.4. The lowest BCUT2D eigenvalue weighted by molar-refractivity contribution is 0.183. The van der Waals surface area contributed by atoms with Crippen LogP contribution in [0.5, 0.6) is 0 Å². The second kappa shape index (κ2) is 7.24. The molecule has 0 radical (unpaired) electrons. The molecule has 1 saturated heterocycles. The van der Waals surface area contributed by atoms with Gasteiger partial charge in [-0.3, -0.25) is 0 Å². The third-order valence-corrected chi connectivity index (χ3v) is 5.25. The van der Waals surface area contributed by atoms with Crippen LogP contribution in [0.3, 0.4) is 0 Å². The minimum Gasteiger partial charge on any atom is -0.382 e. The molecule has 1 fully saturated rings. The Hall–Kier alpha value is -1.11. The molecule has 0 spiro atoms. The molecule has 1 heterocycles. The van der Waals surface area contributed by atoms with Gasteiger partial charge in [-0.05, 0) is 44.0 Å². The van der Waals surface area contributed by atoms with Gasteiger partial charge in [0, 0.05) is 30.8 Å². The summed E-state index contributed by atoms with van der Waals surface area (Å²) < 4.78 is 31.9. The highest BCUT2D eigenvalue weighted by atomic mass is 32.2. The Balaban J connectivity index is 1.98. The smallest absolute Gasteiger partial charge is 0.240 e. The Morgan fingerprint density at radius 3 is 2.62 bits per heavy atom. The molecule has 0 bridgehead atoms. The largest absolute Gasteiger partial charge is 0.382 e. The summed E-state index contributed by atoms with van der Waals surface area (Å²) in [4.78, 5) is 0.304. The van der Waals surface area contributed by atoms with Crippen LogP contribution in [0.25, 0.3) is 0 Å². The monoisotopic (exact) mass is 312 g/mol. The Kier molecular flexibility index (Phi) is 5.61. The van der Waals surface area contributed by atoms with Gasteiger partial charge in [-0.15, -0.1) is 0 Å². The van der Waals surface area contributed by atoms with E-state index < -0.39 is 10.0 Å². The maximum atomic E-state index is 12.0. The van der Waals surface area contributed by atoms with Crippen LogP contribution >= 0.6 is 0 Å². The van der Waals surface area contributed by atoms with E-state index in [-0.39, 0.29) is 0 Å². The van der Waals surface area contributed by atoms with Gasteiger partial charge in [0.15, 0.2) is 0 Å². The van der Waals surface area contributed by atoms with Gasteiger partial charge in [0.05, 0.1) is 11.5 Å². The van der Waals surface area contributed by atoms with Crippen molar-refractivity contribution in [3.8, 4) is 0 Å². The number of nitrogens with one attached hydrogen (secondary N) is 2. The molecular formula is C15H24N2O3S. The zero-order valence-electron chi connectivity index (χ0n) is 12.6. The third kappa shape index (κ3) is 4.43. The van der Waals surface area contributed by atoms with E-state index in [0.717, 1.165) is 31.7 Å². The molecule has 0 amide bonds. The molecule has 0 aromatic heterocycles. The first-order valence-electron chi connectivity index (χ1n) is 7.47. The topological polar surface area (TPSA) is 67.4 Å². The van der Waals surface area contributed by atoms with Crippen LogP contribution in [0, 0.1) is 5.92 Å². The predicted octanol–water partition coefficient (Wildman–Crippen LogP) is 2.21. The van der Waals surface area contributed by atoms with Gasteiger partial charge in [-0.2, -0.15) is 0 Å². The summed E-state index contributed by atoms with van der Waals surface area (Å²) in [6.45, 7) is 6.15. The van der Waals surface area contributed by atoms with Crippen molar-refractivity contribution in [2.45, 2.75) is 37.6 Å². The summed E-state index contributed by atoms with van der Waals surface area (Å²) in [5.41, 5.74) is 0.934. The lowest BCUT2D eigenvalue weighted by Gasteiger charge is -2.20. The highest BCUT2D eigenvalue weighted by molar-refractivity contribution is 7.89. The summed E-state index contributed by atoms with van der Waals surface area (Å²) in [6.07, 6.45) is 1.85. The zero-order chi connectivity index (χ0) is 15.3. The van der Waals surface area contributed by atoms with E-state index in [2.05, 4.69) is 17.0 Å². The van der Waals surface area contributed by atoms with E-state index in [4.69, 9.17) is 4.74 Å². The van der Waals surface area contributed by atoms with Crippen molar-refractivity contribution in [2.24, 2.45) is 5.92 Å². The van der Waals surface area contributed by atoms with Gasteiger partial charge in [0.1, 0.15) is 0 Å². The van der Waals surface area contributed by atoms with Gasteiger partial charge < -0.3 is 10.1 Å². The van der Waals surface area contributed by atoms with Crippen LogP contribution in [-0.4, -0.2) is 34.2 Å². The number of hydrogen-bond donors (Lipinski definition) is 2. The average Bonchev–Trinajstić information content (AvgIpc) is 3.00. The van der Waals surface area contributed by atoms with Crippen molar-refractivity contribution in [3.63, 3.8) is 0 Å². The summed E-state index contributed by atoms with van der Waals surface area (Å²) in [5, 5.41) is 3.41. The van der Waals surface area contributed by atoms with Crippen molar-refractivity contribution in [1.29, 1.82) is 0 Å². The summed E-state index contributed by atoms with van der Waals surface area (Å²) in [5.74, 6) is 0.514. The molecule has 5 nitrogen and oxygen atoms in total. The molecule has 21 heavy (non-hydrogen) atoms. The Labute approximate surface area is 127 Å². The first kappa shape index (κ1) is 16.3. The third-order valence-electron chi connectivity index (χ3n) is 3.77. The molecule has 1 aliphatic heterocycles. The number of rotatable bonds is 7. The fourth-order valence-corrected chi connectivity index (χ4v) is 3.51. The maximum absolute atomic E-state index is 12.0. The molecule has 1 aromatic rings. The molecule has 0 aliphatic carbocycles. The first-order chi connectivity index (χ1) is 10.0. The summed E-state index contributed by atoms with van der Waals surface area (Å²) in [6, 6.07) is 7.21. The summed E-state index contributed by atoms with van der Waals surface area (Å²) >= 11 is 0. The van der Waals surface area contributed by atoms with Gasteiger partial charge in [-0.1, -0.05) is 6.92 Å². The summed E-state index contributed by atoms with van der Waals surface area (Å²) in [7, 11) is -3.38. The number of benzene rings is 1. The van der Waals surface area contributed by atoms with Crippen LogP contribution < -0.4 is 10.0 Å². The molecular weight excluding hydrogens is 288 g/mol. The van der Waals surface area contributed by atoms with Crippen molar-refractivity contribution < 1.29 is 13.2 Å². The number of hydrogen-bond acceptors (Lipinski definition) is 4. The number of anilines is 1. The molecule has 2 N–H and O–H groups in total. The van der Waals surface area contributed by atoms with Crippen LogP contribution in [0.2, 0.25) is 0 Å². The minimum atomic E-state index is -3.38. The predicted molar refractivity (Wildman–Crippen MR) is 83.9 cm³/mol. The van der Waals surface area contributed by atoms with Crippen molar-refractivity contribution in [1.82, 2.24) is 4.72 Å². The van der Waals surface area contributed by atoms with E-state index in [9.17, 15) is 8.42 Å². The molecule has 118 valence electrons. The van der Waals surface area contributed by atoms with E-state index >= 15 is 0 Å². The average molecular weight is 312 g/mol. The first-order valence-corrected chi connectivity index (χ1v) is 8.95. The Morgan fingerprint density at radius 2 is 2.05 bits per heavy atom. The molecule has 1 aromatic carbocycles. The van der Waals surface area contributed by atoms with Gasteiger partial charge in [0.2, 0.25) is 10.0 Å². The Morgan fingerprint density at radius 1 is 1.33 bits per heavy atom. The lowest BCUT2D eigenvalue weighted by atomic mass is 10.0. The quantitative estimate of drug-likeness (QED) is 0.810. The number of ether oxygens (including phenoxy) is 1. The molecule has 1 aliphatic rings. The normalized spacial score (nSPS) is 20.4. The van der Waals surface area contributed by atoms with Crippen LogP contribution in [0.4, 0.5) is 5.69 Å². The van der Waals surface area contributed by atoms with Gasteiger partial charge in [-0.25, -0.2) is 13.1 Å². The number of sulfonamides is 1. The van der Waals surface area contributed by atoms with Gasteiger partial charge in [0.25, 0.3) is 0 Å². The highest BCUT2D eigenvalue weighted by Gasteiger charge is 2.22. The Bertz CT molecular complexity index is 537. The van der Waals surface area contributed by atoms with E-state index in [1.807, 2.05) is 19.1 Å². The lowest BCUT2D eigenvalue weighted by Crippen LogP contribution is -2.26. The van der Waals surface area contributed by atoms with Gasteiger partial charge >= 0.3 is 0 Å². The second-order valence-electron chi connectivity index (χ2n) is 5.48. The highest BCUT2D eigenvalue weighted by Crippen LogP contribution is 2.21. The molecule has 0 saturated carbocycles. The molecule has 6 heteroatoms. The van der Waals surface area contributed by atoms with E-state index in [0.29, 0.717) is 23.4 Å². The van der Waals surface area contributed by atoms with Crippen LogP contribution in [0.1, 0.15) is 26.7 Å². The minimum absolute atomic E-state index is 0.304. The molecule has 2 unspecified atom stereocenters. The van der Waals surface area contributed by atoms with E-state index in [1.165, 1.54) is 0 Å². The standard InChI is InChI=1S/C15H24N2O3S/c1-3-9-16-21(18,19)15-6-4-14(5-7-15)17-12(2)13-8-10-20-11-13/h4-7,12-13,16-17H,3,8-11H2,1-2H3. The van der Waals surface area contributed by atoms with Crippen molar-refractivity contribution in [3.05, 3.63) is 24.3 Å². The van der Waals surface area contributed by atoms with E-state index in [1.54, 1.807) is 12.1 Å². The fourth-order valence-electron chi connectivity index (χ4n) is 2.38. The SMILES string of the molecule is CCCNS(=O)(=O)c1ccc(NC(C)C2CCOC2)cc1. The maximum Gasteiger partial charge on any atom is 0.240 e. The van der Waals surface area contributed by atoms with Crippen LogP contribution in [-0.2, 0) is 14.8 Å². The fraction of sp³-hybridized carbons (Fsp3) is 0.600. The van der Waals surface area contributed by atoms with Crippen molar-refractivity contribution >= 4 is 15.7 Å².